The summed E-state index contributed by atoms with van der Waals surface area (Å²) < 4.78 is 1.85. The Morgan fingerprint density at radius 2 is 2.22 bits per heavy atom. The van der Waals surface area contributed by atoms with E-state index in [0.717, 1.165) is 25.9 Å². The van der Waals surface area contributed by atoms with Crippen LogP contribution in [0.25, 0.3) is 0 Å². The lowest BCUT2D eigenvalue weighted by atomic mass is 10.1. The predicted molar refractivity (Wildman–Crippen MR) is 93.3 cm³/mol. The summed E-state index contributed by atoms with van der Waals surface area (Å²) in [5, 5.41) is 13.6. The first-order valence-electron chi connectivity index (χ1n) is 7.56. The van der Waals surface area contributed by atoms with Gasteiger partial charge in [0.05, 0.1) is 18.8 Å². The average molecular weight is 356 g/mol. The van der Waals surface area contributed by atoms with Crippen LogP contribution in [0, 0.1) is 6.92 Å². The zero-order valence-electron chi connectivity index (χ0n) is 13.4. The molecule has 1 fully saturated rings. The van der Waals surface area contributed by atoms with E-state index < -0.39 is 0 Å². The molecule has 0 aliphatic carbocycles. The van der Waals surface area contributed by atoms with E-state index in [1.165, 1.54) is 10.4 Å². The molecular weight excluding hydrogens is 334 g/mol. The van der Waals surface area contributed by atoms with E-state index in [0.29, 0.717) is 18.3 Å². The minimum atomic E-state index is -0.0759. The predicted octanol–water partition coefficient (Wildman–Crippen LogP) is 2.27. The number of aromatic nitrogens is 3. The van der Waals surface area contributed by atoms with Crippen LogP contribution in [0.4, 0.5) is 0 Å². The second-order valence-electron chi connectivity index (χ2n) is 5.75. The van der Waals surface area contributed by atoms with E-state index in [2.05, 4.69) is 34.0 Å². The van der Waals surface area contributed by atoms with Crippen LogP contribution in [0.3, 0.4) is 0 Å². The molecule has 6 nitrogen and oxygen atoms in total. The monoisotopic (exact) mass is 355 g/mol. The fraction of sp³-hybridized carbons (Fsp3) is 0.533. The van der Waals surface area contributed by atoms with Gasteiger partial charge in [-0.3, -0.25) is 4.79 Å². The Morgan fingerprint density at radius 1 is 1.48 bits per heavy atom. The summed E-state index contributed by atoms with van der Waals surface area (Å²) in [6.45, 7) is 4.66. The fourth-order valence-electron chi connectivity index (χ4n) is 2.67. The van der Waals surface area contributed by atoms with Crippen molar-refractivity contribution in [3.8, 4) is 0 Å². The molecule has 1 aliphatic heterocycles. The van der Waals surface area contributed by atoms with E-state index in [4.69, 9.17) is 0 Å². The number of thiophene rings is 1. The molecule has 2 aromatic rings. The van der Waals surface area contributed by atoms with Crippen LogP contribution in [0.2, 0.25) is 0 Å². The first-order chi connectivity index (χ1) is 10.6. The zero-order chi connectivity index (χ0) is 15.5. The number of hydrogen-bond acceptors (Lipinski definition) is 5. The highest BCUT2D eigenvalue weighted by Crippen LogP contribution is 2.19. The number of amides is 1. The summed E-state index contributed by atoms with van der Waals surface area (Å²) in [5.41, 5.74) is 1.65. The van der Waals surface area contributed by atoms with E-state index in [1.807, 2.05) is 11.7 Å². The Kier molecular flexibility index (Phi) is 6.15. The van der Waals surface area contributed by atoms with Gasteiger partial charge in [0, 0.05) is 11.9 Å². The molecule has 23 heavy (non-hydrogen) atoms. The lowest BCUT2D eigenvalue weighted by molar-refractivity contribution is 0.0780. The van der Waals surface area contributed by atoms with Crippen LogP contribution in [0.1, 0.15) is 39.8 Å². The lowest BCUT2D eigenvalue weighted by Crippen LogP contribution is -2.29. The molecule has 8 heteroatoms. The van der Waals surface area contributed by atoms with Crippen molar-refractivity contribution in [3.05, 3.63) is 33.8 Å². The fourth-order valence-corrected chi connectivity index (χ4v) is 3.63. The van der Waals surface area contributed by atoms with Gasteiger partial charge in [0.2, 0.25) is 0 Å². The van der Waals surface area contributed by atoms with Crippen molar-refractivity contribution >= 4 is 29.7 Å². The third kappa shape index (κ3) is 4.10. The van der Waals surface area contributed by atoms with Crippen molar-refractivity contribution in [2.75, 3.05) is 20.1 Å². The SMILES string of the molecule is Cc1ccsc1CN(C)C(=O)c1cn(C2CCNCC2)nn1.Cl. The molecular formula is C15H22ClN5OS. The van der Waals surface area contributed by atoms with Gasteiger partial charge >= 0.3 is 0 Å². The Hall–Kier alpha value is -1.44. The van der Waals surface area contributed by atoms with E-state index in [1.54, 1.807) is 22.4 Å². The van der Waals surface area contributed by atoms with Crippen LogP contribution in [0.15, 0.2) is 17.6 Å². The van der Waals surface area contributed by atoms with Crippen LogP contribution >= 0.6 is 23.7 Å². The molecule has 126 valence electrons. The summed E-state index contributed by atoms with van der Waals surface area (Å²) in [5.74, 6) is -0.0759. The first-order valence-corrected chi connectivity index (χ1v) is 8.44. The van der Waals surface area contributed by atoms with Crippen molar-refractivity contribution < 1.29 is 4.79 Å². The van der Waals surface area contributed by atoms with Crippen LogP contribution < -0.4 is 5.32 Å². The van der Waals surface area contributed by atoms with Crippen LogP contribution in [-0.2, 0) is 6.54 Å². The van der Waals surface area contributed by atoms with E-state index in [-0.39, 0.29) is 18.3 Å². The van der Waals surface area contributed by atoms with Gasteiger partial charge < -0.3 is 10.2 Å². The van der Waals surface area contributed by atoms with Gasteiger partial charge in [-0.25, -0.2) is 4.68 Å². The van der Waals surface area contributed by atoms with Crippen molar-refractivity contribution in [3.63, 3.8) is 0 Å². The van der Waals surface area contributed by atoms with Gasteiger partial charge in [-0.05, 0) is 49.9 Å². The molecule has 3 rings (SSSR count). The third-order valence-electron chi connectivity index (χ3n) is 4.11. The molecule has 0 aromatic carbocycles. The van der Waals surface area contributed by atoms with Gasteiger partial charge in [0.1, 0.15) is 0 Å². The minimum absolute atomic E-state index is 0. The summed E-state index contributed by atoms with van der Waals surface area (Å²) >= 11 is 1.68. The number of aryl methyl sites for hydroxylation is 1. The molecule has 0 radical (unpaired) electrons. The van der Waals surface area contributed by atoms with Crippen LogP contribution in [0.5, 0.6) is 0 Å². The number of halogens is 1. The highest BCUT2D eigenvalue weighted by Gasteiger charge is 2.21. The van der Waals surface area contributed by atoms with Crippen molar-refractivity contribution in [1.82, 2.24) is 25.2 Å². The molecule has 0 bridgehead atoms. The van der Waals surface area contributed by atoms with Gasteiger partial charge in [0.15, 0.2) is 5.69 Å². The number of nitrogens with one attached hydrogen (secondary N) is 1. The molecule has 3 heterocycles. The Balaban J connectivity index is 0.00000192. The molecule has 2 aromatic heterocycles. The molecule has 1 saturated heterocycles. The lowest BCUT2D eigenvalue weighted by Gasteiger charge is -2.22. The Labute approximate surface area is 146 Å². The second kappa shape index (κ2) is 7.90. The van der Waals surface area contributed by atoms with Gasteiger partial charge in [-0.2, -0.15) is 0 Å². The molecule has 1 N–H and O–H groups in total. The number of carbonyl (C=O) groups excluding carboxylic acids is 1. The zero-order valence-corrected chi connectivity index (χ0v) is 15.0. The largest absolute Gasteiger partial charge is 0.335 e. The summed E-state index contributed by atoms with van der Waals surface area (Å²) in [7, 11) is 1.81. The summed E-state index contributed by atoms with van der Waals surface area (Å²) in [6, 6.07) is 2.42. The maximum atomic E-state index is 12.5. The topological polar surface area (TPSA) is 63.1 Å². The molecule has 0 spiro atoms. The molecule has 0 saturated carbocycles. The molecule has 1 amide bonds. The number of nitrogens with zero attached hydrogens (tertiary/aromatic N) is 4. The molecule has 0 unspecified atom stereocenters. The number of rotatable bonds is 4. The highest BCUT2D eigenvalue weighted by molar-refractivity contribution is 7.10. The number of piperidine rings is 1. The van der Waals surface area contributed by atoms with Crippen molar-refractivity contribution in [2.45, 2.75) is 32.4 Å². The number of hydrogen-bond donors (Lipinski definition) is 1. The third-order valence-corrected chi connectivity index (χ3v) is 5.12. The quantitative estimate of drug-likeness (QED) is 0.913. The summed E-state index contributed by atoms with van der Waals surface area (Å²) in [4.78, 5) is 15.4. The Bertz CT molecular complexity index is 650. The highest BCUT2D eigenvalue weighted by atomic mass is 35.5. The van der Waals surface area contributed by atoms with Crippen molar-refractivity contribution in [1.29, 1.82) is 0 Å². The smallest absolute Gasteiger partial charge is 0.276 e. The maximum Gasteiger partial charge on any atom is 0.276 e. The maximum absolute atomic E-state index is 12.5. The van der Waals surface area contributed by atoms with E-state index in [9.17, 15) is 4.79 Å². The summed E-state index contributed by atoms with van der Waals surface area (Å²) in [6.07, 6.45) is 3.85. The van der Waals surface area contributed by atoms with Gasteiger partial charge in [0.25, 0.3) is 5.91 Å². The molecule has 0 atom stereocenters. The normalized spacial score (nSPS) is 15.2. The van der Waals surface area contributed by atoms with Crippen LogP contribution in [-0.4, -0.2) is 45.9 Å². The van der Waals surface area contributed by atoms with Gasteiger partial charge in [-0.1, -0.05) is 5.21 Å². The average Bonchev–Trinajstić information content (AvgIpc) is 3.17. The van der Waals surface area contributed by atoms with E-state index >= 15 is 0 Å². The first kappa shape index (κ1) is 17.9. The number of carbonyl (C=O) groups is 1. The standard InChI is InChI=1S/C15H21N5OS.ClH/c1-11-5-8-22-14(11)10-19(2)15(21)13-9-20(18-17-13)12-3-6-16-7-4-12;/h5,8-9,12,16H,3-4,6-7,10H2,1-2H3;1H. The Morgan fingerprint density at radius 3 is 2.87 bits per heavy atom. The molecule has 1 aliphatic rings. The van der Waals surface area contributed by atoms with Gasteiger partial charge in [-0.15, -0.1) is 28.8 Å². The van der Waals surface area contributed by atoms with Crippen molar-refractivity contribution in [2.24, 2.45) is 0 Å². The minimum Gasteiger partial charge on any atom is -0.335 e. The second-order valence-corrected chi connectivity index (χ2v) is 6.75.